The molecular weight excluding hydrogens is 745 g/mol. The molecule has 5 aliphatic rings. The van der Waals surface area contributed by atoms with Gasteiger partial charge in [0.25, 0.3) is 0 Å². The molecule has 0 aliphatic heterocycles. The largest absolute Gasteiger partial charge is 0.465 e. The van der Waals surface area contributed by atoms with E-state index in [2.05, 4.69) is 144 Å². The minimum absolute atomic E-state index is 0.0346. The maximum absolute atomic E-state index is 13.4. The molecular formula is C52H80N4O4+2. The lowest BCUT2D eigenvalue weighted by atomic mass is 9.32. The highest BCUT2D eigenvalue weighted by atomic mass is 16.5. The molecule has 330 valence electrons. The first-order valence-electron chi connectivity index (χ1n) is 23.7. The van der Waals surface area contributed by atoms with E-state index in [-0.39, 0.29) is 45.1 Å². The number of fused-ring (bicyclic) bond motifs is 7. The van der Waals surface area contributed by atoms with Gasteiger partial charge in [0.1, 0.15) is 19.2 Å². The highest BCUT2D eigenvalue weighted by Crippen LogP contribution is 2.77. The number of nitrogens with zero attached hydrogens (tertiary/aromatic N) is 4. The van der Waals surface area contributed by atoms with Crippen molar-refractivity contribution in [3.63, 3.8) is 0 Å². The van der Waals surface area contributed by atoms with Crippen LogP contribution < -0.4 is 18.9 Å². The maximum Gasteiger partial charge on any atom is 0.306 e. The van der Waals surface area contributed by atoms with Crippen LogP contribution in [0.3, 0.4) is 0 Å². The van der Waals surface area contributed by atoms with Crippen molar-refractivity contribution in [3.8, 4) is 0 Å². The summed E-state index contributed by atoms with van der Waals surface area (Å²) in [5, 5.41) is 0. The van der Waals surface area contributed by atoms with Gasteiger partial charge < -0.3 is 19.3 Å². The molecule has 2 aromatic rings. The third-order valence-corrected chi connectivity index (χ3v) is 18.3. The van der Waals surface area contributed by atoms with Gasteiger partial charge in [0.15, 0.2) is 24.8 Å². The zero-order valence-electron chi connectivity index (χ0n) is 39.2. The molecule has 0 saturated heterocycles. The van der Waals surface area contributed by atoms with Crippen LogP contribution in [0.1, 0.15) is 131 Å². The van der Waals surface area contributed by atoms with Crippen LogP contribution in [0.25, 0.3) is 0 Å². The molecule has 5 fully saturated rings. The minimum Gasteiger partial charge on any atom is -0.465 e. The van der Waals surface area contributed by atoms with E-state index in [4.69, 9.17) is 9.47 Å². The van der Waals surface area contributed by atoms with E-state index < -0.39 is 0 Å². The number of hydrogen-bond donors (Lipinski definition) is 0. The summed E-state index contributed by atoms with van der Waals surface area (Å²) in [4.78, 5) is 30.9. The summed E-state index contributed by atoms with van der Waals surface area (Å²) >= 11 is 0. The summed E-state index contributed by atoms with van der Waals surface area (Å²) in [5.41, 5.74) is 4.31. The lowest BCUT2D eigenvalue weighted by molar-refractivity contribution is -0.697. The Morgan fingerprint density at radius 1 is 0.700 bits per heavy atom. The number of allylic oxidation sites excluding steroid dienone is 1. The molecule has 5 aliphatic carbocycles. The Morgan fingerprint density at radius 2 is 1.28 bits per heavy atom. The second-order valence-electron chi connectivity index (χ2n) is 22.1. The van der Waals surface area contributed by atoms with Gasteiger partial charge in [-0.3, -0.25) is 9.59 Å². The van der Waals surface area contributed by atoms with Crippen LogP contribution in [0.2, 0.25) is 0 Å². The minimum atomic E-state index is -0.0734. The van der Waals surface area contributed by atoms with Crippen molar-refractivity contribution >= 4 is 23.3 Å². The van der Waals surface area contributed by atoms with Gasteiger partial charge in [-0.05, 0) is 117 Å². The van der Waals surface area contributed by atoms with E-state index in [0.29, 0.717) is 49.0 Å². The van der Waals surface area contributed by atoms with Crippen molar-refractivity contribution in [2.75, 3.05) is 44.6 Å². The summed E-state index contributed by atoms with van der Waals surface area (Å²) in [6, 6.07) is 8.47. The predicted octanol–water partition coefficient (Wildman–Crippen LogP) is 9.77. The number of carbonyl (C=O) groups excluding carboxylic acids is 2. The van der Waals surface area contributed by atoms with Crippen molar-refractivity contribution in [2.45, 2.75) is 151 Å². The van der Waals surface area contributed by atoms with E-state index >= 15 is 0 Å². The summed E-state index contributed by atoms with van der Waals surface area (Å²) in [7, 11) is 8.20. The fourth-order valence-corrected chi connectivity index (χ4v) is 14.8. The molecule has 5 saturated carbocycles. The molecule has 2 heterocycles. The molecule has 2 aromatic heterocycles. The van der Waals surface area contributed by atoms with Crippen LogP contribution in [-0.4, -0.2) is 52.8 Å². The summed E-state index contributed by atoms with van der Waals surface area (Å²) < 4.78 is 17.1. The lowest BCUT2D eigenvalue weighted by Gasteiger charge is -2.73. The van der Waals surface area contributed by atoms with Gasteiger partial charge in [-0.2, -0.15) is 0 Å². The van der Waals surface area contributed by atoms with E-state index in [1.807, 2.05) is 0 Å². The molecule has 0 radical (unpaired) electrons. The smallest absolute Gasteiger partial charge is 0.306 e. The van der Waals surface area contributed by atoms with Crippen LogP contribution in [0, 0.1) is 56.7 Å². The first kappa shape index (κ1) is 44.6. The molecule has 60 heavy (non-hydrogen) atoms. The van der Waals surface area contributed by atoms with E-state index in [0.717, 1.165) is 51.6 Å². The Hall–Kier alpha value is -3.42. The van der Waals surface area contributed by atoms with Crippen LogP contribution in [0.15, 0.2) is 61.2 Å². The second-order valence-corrected chi connectivity index (χ2v) is 22.1. The zero-order chi connectivity index (χ0) is 43.3. The van der Waals surface area contributed by atoms with Crippen LogP contribution >= 0.6 is 0 Å². The number of ether oxygens (including phenoxy) is 2. The Morgan fingerprint density at radius 3 is 1.85 bits per heavy atom. The van der Waals surface area contributed by atoms with Crippen molar-refractivity contribution in [3.05, 3.63) is 61.2 Å². The summed E-state index contributed by atoms with van der Waals surface area (Å²) in [6.45, 7) is 21.9. The third-order valence-electron chi connectivity index (χ3n) is 18.3. The molecule has 0 spiro atoms. The highest BCUT2D eigenvalue weighted by molar-refractivity contribution is 5.69. The molecule has 0 bridgehead atoms. The topological polar surface area (TPSA) is 66.8 Å². The van der Waals surface area contributed by atoms with Gasteiger partial charge in [-0.25, -0.2) is 9.13 Å². The molecule has 0 aromatic carbocycles. The van der Waals surface area contributed by atoms with Crippen molar-refractivity contribution < 1.29 is 28.2 Å². The van der Waals surface area contributed by atoms with Gasteiger partial charge in [-0.15, -0.1) is 0 Å². The third kappa shape index (κ3) is 8.04. The number of aromatic nitrogens is 2. The van der Waals surface area contributed by atoms with Gasteiger partial charge in [-0.1, -0.05) is 46.8 Å². The van der Waals surface area contributed by atoms with Crippen LogP contribution in [0.5, 0.6) is 0 Å². The van der Waals surface area contributed by atoms with E-state index in [9.17, 15) is 9.59 Å². The molecule has 0 amide bonds. The Kier molecular flexibility index (Phi) is 12.7. The van der Waals surface area contributed by atoms with Gasteiger partial charge in [0, 0.05) is 87.5 Å². The van der Waals surface area contributed by atoms with Gasteiger partial charge in [0.2, 0.25) is 0 Å². The molecule has 8 nitrogen and oxygen atoms in total. The fourth-order valence-electron chi connectivity index (χ4n) is 14.8. The number of anilines is 2. The van der Waals surface area contributed by atoms with Gasteiger partial charge in [0.05, 0.1) is 19.4 Å². The Balaban J connectivity index is 0.990. The average Bonchev–Trinajstić information content (AvgIpc) is 3.59. The van der Waals surface area contributed by atoms with Crippen LogP contribution in [0.4, 0.5) is 11.4 Å². The Labute approximate surface area is 363 Å². The SMILES string of the molecule is C=C(C)[C@@H]1CC[C@]2(COC(=O)CCC[n+]3ccc(N(C)C)cc3)CC[C@]3(C)[C@H](CC[C@@H]4[C@@]5(C)CC[C@H](OC(=O)CCC[n+]6ccc(N(C)C)cc6)C(C)(C)[C@@H]5CC[C@]43C)[C@@H]12. The fraction of sp³-hybridized carbons (Fsp3) is 0.731. The molecule has 7 rings (SSSR count). The Bertz CT molecular complexity index is 1860. The first-order chi connectivity index (χ1) is 28.3. The van der Waals surface area contributed by atoms with Crippen molar-refractivity contribution in [2.24, 2.45) is 56.7 Å². The lowest BCUT2D eigenvalue weighted by Crippen LogP contribution is -2.67. The number of hydrogen-bond acceptors (Lipinski definition) is 6. The number of esters is 2. The predicted molar refractivity (Wildman–Crippen MR) is 240 cm³/mol. The number of aryl methyl sites for hydroxylation is 2. The number of rotatable bonds is 14. The number of carbonyl (C=O) groups is 2. The van der Waals surface area contributed by atoms with E-state index in [1.54, 1.807) is 0 Å². The van der Waals surface area contributed by atoms with Crippen molar-refractivity contribution in [1.82, 2.24) is 0 Å². The standard InChI is InChI=1S/C52H80N4O4/c1-37(2)40-18-27-52(36-59-45(57)14-12-30-55-32-21-38(22-33-55)53(8)9)29-28-50(6)41(47(40)52)16-17-43-49(5)25-20-44(48(3,4)42(49)19-26-51(43,50)7)60-46(58)15-13-31-56-34-23-39(24-35-56)54(10)11/h21-24,32-35,40-44,47H,1,12-20,25-31,36H2,2-11H3/q+2/t40-,41+,42-,43+,44-,47+,49-,50+,51+,52+/m0/s1. The molecule has 8 heteroatoms. The normalized spacial score (nSPS) is 35.2. The van der Waals surface area contributed by atoms with Gasteiger partial charge >= 0.3 is 11.9 Å². The molecule has 10 atom stereocenters. The zero-order valence-corrected chi connectivity index (χ0v) is 39.2. The molecule has 0 unspecified atom stereocenters. The summed E-state index contributed by atoms with van der Waals surface area (Å²) in [5.74, 6) is 2.69. The van der Waals surface area contributed by atoms with E-state index in [1.165, 1.54) is 55.5 Å². The quantitative estimate of drug-likeness (QED) is 0.107. The number of pyridine rings is 2. The monoisotopic (exact) mass is 825 g/mol. The highest BCUT2D eigenvalue weighted by Gasteiger charge is 2.71. The maximum atomic E-state index is 13.4. The van der Waals surface area contributed by atoms with Crippen molar-refractivity contribution in [1.29, 1.82) is 0 Å². The second kappa shape index (κ2) is 17.0. The molecule has 0 N–H and O–H groups in total. The summed E-state index contributed by atoms with van der Waals surface area (Å²) in [6.07, 6.45) is 22.5. The first-order valence-corrected chi connectivity index (χ1v) is 23.7. The average molecular weight is 825 g/mol. The van der Waals surface area contributed by atoms with Crippen LogP contribution in [-0.2, 0) is 32.2 Å².